The summed E-state index contributed by atoms with van der Waals surface area (Å²) in [6, 6.07) is 6.18. The van der Waals surface area contributed by atoms with Crippen molar-refractivity contribution < 1.29 is 9.69 Å². The molecule has 1 amide bonds. The predicted molar refractivity (Wildman–Crippen MR) is 73.9 cm³/mol. The van der Waals surface area contributed by atoms with E-state index >= 15 is 0 Å². The highest BCUT2D eigenvalue weighted by atomic mass is 16.2. The second-order valence-corrected chi connectivity index (χ2v) is 5.39. The molecule has 3 heteroatoms. The van der Waals surface area contributed by atoms with E-state index in [9.17, 15) is 4.79 Å². The summed E-state index contributed by atoms with van der Waals surface area (Å²) >= 11 is 0. The maximum absolute atomic E-state index is 12.2. The van der Waals surface area contributed by atoms with Crippen molar-refractivity contribution in [2.45, 2.75) is 39.7 Å². The van der Waals surface area contributed by atoms with Crippen molar-refractivity contribution in [1.82, 2.24) is 0 Å². The summed E-state index contributed by atoms with van der Waals surface area (Å²) in [4.78, 5) is 13.6. The zero-order chi connectivity index (χ0) is 13.1. The molecule has 98 valence electrons. The Balaban J connectivity index is 2.01. The van der Waals surface area contributed by atoms with Crippen molar-refractivity contribution in [3.8, 4) is 0 Å². The van der Waals surface area contributed by atoms with Gasteiger partial charge in [-0.3, -0.25) is 4.79 Å². The van der Waals surface area contributed by atoms with E-state index in [2.05, 4.69) is 18.3 Å². The minimum atomic E-state index is 0.0493. The average Bonchev–Trinajstić information content (AvgIpc) is 2.85. The number of amides is 1. The molecule has 2 rings (SSSR count). The first-order valence-corrected chi connectivity index (χ1v) is 6.80. The first kappa shape index (κ1) is 13.1. The van der Waals surface area contributed by atoms with Crippen molar-refractivity contribution in [2.75, 3.05) is 18.4 Å². The summed E-state index contributed by atoms with van der Waals surface area (Å²) in [5, 5.41) is 3.05. The number of anilines is 1. The second-order valence-electron chi connectivity index (χ2n) is 5.39. The topological polar surface area (TPSA) is 33.5 Å². The number of nitrogens with one attached hydrogen (secondary N) is 2. The van der Waals surface area contributed by atoms with Crippen LogP contribution < -0.4 is 10.2 Å². The lowest BCUT2D eigenvalue weighted by Gasteiger charge is -2.20. The van der Waals surface area contributed by atoms with Gasteiger partial charge >= 0.3 is 0 Å². The fourth-order valence-corrected chi connectivity index (χ4v) is 2.64. The van der Waals surface area contributed by atoms with Crippen molar-refractivity contribution in [1.29, 1.82) is 0 Å². The van der Waals surface area contributed by atoms with Crippen LogP contribution in [0.2, 0.25) is 0 Å². The number of aryl methyl sites for hydroxylation is 2. The van der Waals surface area contributed by atoms with Gasteiger partial charge in [0.15, 0.2) is 6.04 Å². The van der Waals surface area contributed by atoms with Crippen molar-refractivity contribution in [3.63, 3.8) is 0 Å². The minimum absolute atomic E-state index is 0.0493. The summed E-state index contributed by atoms with van der Waals surface area (Å²) in [7, 11) is 0. The van der Waals surface area contributed by atoms with Crippen LogP contribution in [0.15, 0.2) is 18.2 Å². The van der Waals surface area contributed by atoms with E-state index in [-0.39, 0.29) is 11.9 Å². The van der Waals surface area contributed by atoms with E-state index in [0.29, 0.717) is 0 Å². The Bertz CT molecular complexity index is 436. The van der Waals surface area contributed by atoms with Crippen LogP contribution in [-0.2, 0) is 4.79 Å². The maximum Gasteiger partial charge on any atom is 0.282 e. The number of rotatable bonds is 3. The van der Waals surface area contributed by atoms with E-state index in [4.69, 9.17) is 0 Å². The lowest BCUT2D eigenvalue weighted by atomic mass is 10.1. The van der Waals surface area contributed by atoms with Crippen LogP contribution in [0.1, 0.15) is 30.9 Å². The van der Waals surface area contributed by atoms with Crippen LogP contribution >= 0.6 is 0 Å². The summed E-state index contributed by atoms with van der Waals surface area (Å²) in [6.45, 7) is 8.38. The number of carbonyl (C=O) groups is 1. The molecule has 0 saturated carbocycles. The van der Waals surface area contributed by atoms with Crippen molar-refractivity contribution in [3.05, 3.63) is 29.3 Å². The smallest absolute Gasteiger partial charge is 0.282 e. The molecule has 0 radical (unpaired) electrons. The van der Waals surface area contributed by atoms with E-state index in [1.807, 2.05) is 26.0 Å². The number of carbonyl (C=O) groups excluding carboxylic acids is 1. The van der Waals surface area contributed by atoms with Gasteiger partial charge in [0.1, 0.15) is 0 Å². The highest BCUT2D eigenvalue weighted by Gasteiger charge is 2.27. The highest BCUT2D eigenvalue weighted by Crippen LogP contribution is 2.16. The van der Waals surface area contributed by atoms with Crippen LogP contribution in [0.5, 0.6) is 0 Å². The zero-order valence-corrected chi connectivity index (χ0v) is 11.5. The van der Waals surface area contributed by atoms with Crippen molar-refractivity contribution >= 4 is 11.6 Å². The van der Waals surface area contributed by atoms with Gasteiger partial charge in [0, 0.05) is 18.5 Å². The van der Waals surface area contributed by atoms with Gasteiger partial charge in [-0.15, -0.1) is 0 Å². The zero-order valence-electron chi connectivity index (χ0n) is 11.5. The Morgan fingerprint density at radius 3 is 2.56 bits per heavy atom. The minimum Gasteiger partial charge on any atom is -0.325 e. The molecule has 1 aliphatic rings. The molecule has 1 aliphatic heterocycles. The van der Waals surface area contributed by atoms with Crippen LogP contribution in [0, 0.1) is 13.8 Å². The number of quaternary nitrogens is 1. The molecule has 1 aromatic carbocycles. The van der Waals surface area contributed by atoms with Gasteiger partial charge < -0.3 is 10.2 Å². The van der Waals surface area contributed by atoms with Gasteiger partial charge in [-0.2, -0.15) is 0 Å². The molecule has 18 heavy (non-hydrogen) atoms. The molecule has 0 bridgehead atoms. The quantitative estimate of drug-likeness (QED) is 0.829. The van der Waals surface area contributed by atoms with Gasteiger partial charge in [0.05, 0.1) is 13.1 Å². The van der Waals surface area contributed by atoms with Gasteiger partial charge in [-0.05, 0) is 32.4 Å². The molecule has 2 N–H and O–H groups in total. The summed E-state index contributed by atoms with van der Waals surface area (Å²) < 4.78 is 0. The van der Waals surface area contributed by atoms with Crippen LogP contribution in [0.3, 0.4) is 0 Å². The largest absolute Gasteiger partial charge is 0.325 e. The number of hydrogen-bond donors (Lipinski definition) is 2. The Hall–Kier alpha value is -1.35. The lowest BCUT2D eigenvalue weighted by Crippen LogP contribution is -3.14. The monoisotopic (exact) mass is 247 g/mol. The normalized spacial score (nSPS) is 17.7. The van der Waals surface area contributed by atoms with Crippen LogP contribution in [-0.4, -0.2) is 25.0 Å². The fourth-order valence-electron chi connectivity index (χ4n) is 2.64. The van der Waals surface area contributed by atoms with Gasteiger partial charge in [0.2, 0.25) is 0 Å². The Morgan fingerprint density at radius 2 is 1.94 bits per heavy atom. The van der Waals surface area contributed by atoms with Gasteiger partial charge in [-0.25, -0.2) is 0 Å². The molecular formula is C15H23N2O+. The third-order valence-electron chi connectivity index (χ3n) is 3.89. The van der Waals surface area contributed by atoms with Gasteiger partial charge in [-0.1, -0.05) is 17.7 Å². The molecule has 0 unspecified atom stereocenters. The van der Waals surface area contributed by atoms with E-state index in [0.717, 1.165) is 24.3 Å². The first-order valence-electron chi connectivity index (χ1n) is 6.80. The predicted octanol–water partition coefficient (Wildman–Crippen LogP) is 1.31. The lowest BCUT2D eigenvalue weighted by molar-refractivity contribution is -0.901. The number of hydrogen-bond acceptors (Lipinski definition) is 1. The van der Waals surface area contributed by atoms with E-state index in [1.54, 1.807) is 0 Å². The molecule has 3 nitrogen and oxygen atoms in total. The second kappa shape index (κ2) is 5.53. The Labute approximate surface area is 109 Å². The average molecular weight is 247 g/mol. The molecule has 1 atom stereocenters. The first-order chi connectivity index (χ1) is 8.58. The molecule has 1 fully saturated rings. The SMILES string of the molecule is Cc1ccc(NC(=O)[C@@H](C)[NH+]2CCCC2)c(C)c1. The third-order valence-corrected chi connectivity index (χ3v) is 3.89. The maximum atomic E-state index is 12.2. The Kier molecular flexibility index (Phi) is 4.02. The summed E-state index contributed by atoms with van der Waals surface area (Å²) in [5.41, 5.74) is 3.30. The highest BCUT2D eigenvalue weighted by molar-refractivity contribution is 5.94. The molecular weight excluding hydrogens is 224 g/mol. The standard InChI is InChI=1S/C15H22N2O/c1-11-6-7-14(12(2)10-11)16-15(18)13(3)17-8-4-5-9-17/h6-7,10,13H,4-5,8-9H2,1-3H3,(H,16,18)/p+1/t13-/m1/s1. The van der Waals surface area contributed by atoms with E-state index in [1.165, 1.54) is 23.3 Å². The van der Waals surface area contributed by atoms with Gasteiger partial charge in [0.25, 0.3) is 5.91 Å². The molecule has 0 spiro atoms. The number of likely N-dealkylation sites (tertiary alicyclic amines) is 1. The summed E-state index contributed by atoms with van der Waals surface area (Å²) in [5.74, 6) is 0.138. The Morgan fingerprint density at radius 1 is 1.28 bits per heavy atom. The summed E-state index contributed by atoms with van der Waals surface area (Å²) in [6.07, 6.45) is 2.49. The number of benzene rings is 1. The van der Waals surface area contributed by atoms with Crippen LogP contribution in [0.4, 0.5) is 5.69 Å². The molecule has 1 heterocycles. The van der Waals surface area contributed by atoms with E-state index < -0.39 is 0 Å². The molecule has 0 aliphatic carbocycles. The molecule has 1 aromatic rings. The van der Waals surface area contributed by atoms with Crippen LogP contribution in [0.25, 0.3) is 0 Å². The molecule has 0 aromatic heterocycles. The molecule has 1 saturated heterocycles. The van der Waals surface area contributed by atoms with Crippen molar-refractivity contribution in [2.24, 2.45) is 0 Å². The third kappa shape index (κ3) is 2.91. The fraction of sp³-hybridized carbons (Fsp3) is 0.533.